The van der Waals surface area contributed by atoms with E-state index in [1.807, 2.05) is 43.3 Å². The van der Waals surface area contributed by atoms with E-state index in [9.17, 15) is 9.90 Å². The molecule has 0 radical (unpaired) electrons. The molecule has 3 nitrogen and oxygen atoms in total. The number of aliphatic hydroxyl groups excluding tert-OH is 1. The first-order valence-electron chi connectivity index (χ1n) is 12.8. The lowest BCUT2D eigenvalue weighted by Crippen LogP contribution is -2.19. The summed E-state index contributed by atoms with van der Waals surface area (Å²) in [5, 5.41) is 10.5. The molecule has 1 fully saturated rings. The van der Waals surface area contributed by atoms with Gasteiger partial charge >= 0.3 is 5.97 Å². The lowest BCUT2D eigenvalue weighted by atomic mass is 9.86. The molecule has 31 heavy (non-hydrogen) atoms. The summed E-state index contributed by atoms with van der Waals surface area (Å²) in [4.78, 5) is 12.4. The molecule has 0 bridgehead atoms. The highest BCUT2D eigenvalue weighted by Crippen LogP contribution is 2.39. The van der Waals surface area contributed by atoms with Crippen molar-refractivity contribution in [3.8, 4) is 0 Å². The summed E-state index contributed by atoms with van der Waals surface area (Å²) in [7, 11) is 0. The van der Waals surface area contributed by atoms with Crippen molar-refractivity contribution in [3.05, 3.63) is 42.0 Å². The average molecular weight is 429 g/mol. The van der Waals surface area contributed by atoms with E-state index in [0.29, 0.717) is 24.0 Å². The quantitative estimate of drug-likeness (QED) is 0.181. The number of unbranched alkanes of at least 4 members (excludes halogenated alkanes) is 7. The molecule has 0 unspecified atom stereocenters. The van der Waals surface area contributed by atoms with Crippen molar-refractivity contribution < 1.29 is 14.6 Å². The standard InChI is InChI=1S/C28H44O3/c1-3-5-6-7-8-11-18-24-21-22-27(29)25(24)19-14-10-15-20-26(28(30)31-4-2)23-16-12-9-13-17-23/h9,12-13,16-17,20,24-25,27,29H,3-8,10-11,14-15,18-19,21-22H2,1-2H3/t24-,25+,27-/m0/s1. The Balaban J connectivity index is 1.76. The van der Waals surface area contributed by atoms with Crippen LogP contribution in [-0.2, 0) is 9.53 Å². The van der Waals surface area contributed by atoms with Gasteiger partial charge in [0.05, 0.1) is 18.3 Å². The van der Waals surface area contributed by atoms with Gasteiger partial charge in [-0.2, -0.15) is 0 Å². The van der Waals surface area contributed by atoms with Gasteiger partial charge in [0.25, 0.3) is 0 Å². The van der Waals surface area contributed by atoms with Gasteiger partial charge in [0.1, 0.15) is 0 Å². The van der Waals surface area contributed by atoms with Gasteiger partial charge in [-0.25, -0.2) is 4.79 Å². The fraction of sp³-hybridized carbons (Fsp3) is 0.679. The summed E-state index contributed by atoms with van der Waals surface area (Å²) < 4.78 is 5.25. The molecule has 1 saturated carbocycles. The summed E-state index contributed by atoms with van der Waals surface area (Å²) in [5.41, 5.74) is 1.59. The van der Waals surface area contributed by atoms with Crippen LogP contribution in [0.1, 0.15) is 103 Å². The molecule has 174 valence electrons. The van der Waals surface area contributed by atoms with Crippen molar-refractivity contribution in [2.45, 2.75) is 103 Å². The van der Waals surface area contributed by atoms with Gasteiger partial charge in [-0.05, 0) is 56.4 Å². The molecule has 0 spiro atoms. The predicted molar refractivity (Wildman–Crippen MR) is 130 cm³/mol. The molecule has 1 aliphatic carbocycles. The van der Waals surface area contributed by atoms with Gasteiger partial charge in [-0.1, -0.05) is 94.7 Å². The van der Waals surface area contributed by atoms with Crippen LogP contribution in [0.4, 0.5) is 0 Å². The van der Waals surface area contributed by atoms with Crippen LogP contribution in [0.25, 0.3) is 5.57 Å². The number of hydrogen-bond acceptors (Lipinski definition) is 3. The number of rotatable bonds is 15. The van der Waals surface area contributed by atoms with E-state index in [-0.39, 0.29) is 12.1 Å². The van der Waals surface area contributed by atoms with E-state index in [4.69, 9.17) is 4.74 Å². The molecule has 1 aromatic rings. The number of allylic oxidation sites excluding steroid dienone is 1. The summed E-state index contributed by atoms with van der Waals surface area (Å²) in [5.74, 6) is 0.938. The lowest BCUT2D eigenvalue weighted by molar-refractivity contribution is -0.136. The second-order valence-electron chi connectivity index (χ2n) is 9.11. The first-order valence-corrected chi connectivity index (χ1v) is 12.8. The monoisotopic (exact) mass is 428 g/mol. The second-order valence-corrected chi connectivity index (χ2v) is 9.11. The molecule has 1 aromatic carbocycles. The molecule has 3 atom stereocenters. The van der Waals surface area contributed by atoms with E-state index in [2.05, 4.69) is 6.92 Å². The summed E-state index contributed by atoms with van der Waals surface area (Å²) in [6.07, 6.45) is 17.6. The van der Waals surface area contributed by atoms with Gasteiger partial charge in [-0.3, -0.25) is 0 Å². The normalized spacial score (nSPS) is 21.4. The van der Waals surface area contributed by atoms with Crippen LogP contribution >= 0.6 is 0 Å². The van der Waals surface area contributed by atoms with Gasteiger partial charge in [0, 0.05) is 0 Å². The van der Waals surface area contributed by atoms with Crippen molar-refractivity contribution >= 4 is 11.5 Å². The SMILES string of the molecule is CCCCCCCC[C@H]1CC[C@H](O)[C@@H]1CCCCC=C(C(=O)OCC)c1ccccc1. The Morgan fingerprint density at radius 3 is 2.42 bits per heavy atom. The van der Waals surface area contributed by atoms with Crippen LogP contribution < -0.4 is 0 Å². The number of carbonyl (C=O) groups excluding carboxylic acids is 1. The first kappa shape index (κ1) is 25.6. The highest BCUT2D eigenvalue weighted by Gasteiger charge is 2.33. The molecular weight excluding hydrogens is 384 g/mol. The third-order valence-corrected chi connectivity index (χ3v) is 6.78. The molecule has 0 saturated heterocycles. The molecule has 2 rings (SSSR count). The van der Waals surface area contributed by atoms with E-state index in [0.717, 1.165) is 37.7 Å². The molecule has 1 N–H and O–H groups in total. The Morgan fingerprint density at radius 2 is 1.68 bits per heavy atom. The van der Waals surface area contributed by atoms with Crippen LogP contribution in [0.2, 0.25) is 0 Å². The molecule has 0 aliphatic heterocycles. The third-order valence-electron chi connectivity index (χ3n) is 6.78. The van der Waals surface area contributed by atoms with Crippen LogP contribution in [0, 0.1) is 11.8 Å². The molecule has 0 aromatic heterocycles. The van der Waals surface area contributed by atoms with E-state index in [1.165, 1.54) is 51.4 Å². The number of hydrogen-bond donors (Lipinski definition) is 1. The summed E-state index contributed by atoms with van der Waals surface area (Å²) >= 11 is 0. The van der Waals surface area contributed by atoms with E-state index in [1.54, 1.807) is 0 Å². The molecule has 1 aliphatic rings. The van der Waals surface area contributed by atoms with Gasteiger partial charge in [0.2, 0.25) is 0 Å². The minimum absolute atomic E-state index is 0.111. The number of ether oxygens (including phenoxy) is 1. The largest absolute Gasteiger partial charge is 0.462 e. The molecular formula is C28H44O3. The number of carbonyl (C=O) groups is 1. The fourth-order valence-electron chi connectivity index (χ4n) is 5.02. The van der Waals surface area contributed by atoms with Crippen molar-refractivity contribution in [1.82, 2.24) is 0 Å². The fourth-order valence-corrected chi connectivity index (χ4v) is 5.02. The predicted octanol–water partition coefficient (Wildman–Crippen LogP) is 7.33. The van der Waals surface area contributed by atoms with Crippen molar-refractivity contribution in [2.24, 2.45) is 11.8 Å². The average Bonchev–Trinajstić information content (AvgIpc) is 3.13. The zero-order valence-electron chi connectivity index (χ0n) is 19.9. The highest BCUT2D eigenvalue weighted by atomic mass is 16.5. The van der Waals surface area contributed by atoms with Gasteiger partial charge in [0.15, 0.2) is 0 Å². The maximum atomic E-state index is 12.4. The Labute approximate surface area is 190 Å². The van der Waals surface area contributed by atoms with Crippen molar-refractivity contribution in [1.29, 1.82) is 0 Å². The van der Waals surface area contributed by atoms with E-state index >= 15 is 0 Å². The van der Waals surface area contributed by atoms with Crippen LogP contribution in [0.15, 0.2) is 36.4 Å². The highest BCUT2D eigenvalue weighted by molar-refractivity contribution is 6.16. The second kappa shape index (κ2) is 15.2. The molecule has 0 amide bonds. The van der Waals surface area contributed by atoms with Crippen LogP contribution in [-0.4, -0.2) is 23.8 Å². The van der Waals surface area contributed by atoms with E-state index < -0.39 is 0 Å². The number of esters is 1. The smallest absolute Gasteiger partial charge is 0.338 e. The van der Waals surface area contributed by atoms with Crippen molar-refractivity contribution in [3.63, 3.8) is 0 Å². The minimum Gasteiger partial charge on any atom is -0.462 e. The molecule has 3 heteroatoms. The Morgan fingerprint density at radius 1 is 0.968 bits per heavy atom. The maximum Gasteiger partial charge on any atom is 0.338 e. The zero-order valence-corrected chi connectivity index (χ0v) is 19.9. The van der Waals surface area contributed by atoms with Crippen LogP contribution in [0.5, 0.6) is 0 Å². The minimum atomic E-state index is -0.237. The lowest BCUT2D eigenvalue weighted by Gasteiger charge is -2.22. The maximum absolute atomic E-state index is 12.4. The first-order chi connectivity index (χ1) is 15.2. The Kier molecular flexibility index (Phi) is 12.6. The topological polar surface area (TPSA) is 46.5 Å². The summed E-state index contributed by atoms with van der Waals surface area (Å²) in [6.45, 7) is 4.50. The van der Waals surface area contributed by atoms with Gasteiger partial charge < -0.3 is 9.84 Å². The Hall–Kier alpha value is -1.61. The number of benzene rings is 1. The third kappa shape index (κ3) is 9.19. The molecule has 0 heterocycles. The number of aliphatic hydroxyl groups is 1. The Bertz CT molecular complexity index is 637. The van der Waals surface area contributed by atoms with Crippen LogP contribution in [0.3, 0.4) is 0 Å². The summed E-state index contributed by atoms with van der Waals surface area (Å²) in [6, 6.07) is 9.79. The zero-order chi connectivity index (χ0) is 22.3. The van der Waals surface area contributed by atoms with Gasteiger partial charge in [-0.15, -0.1) is 0 Å². The van der Waals surface area contributed by atoms with Crippen molar-refractivity contribution in [2.75, 3.05) is 6.61 Å².